The van der Waals surface area contributed by atoms with Crippen LogP contribution in [0.25, 0.3) is 0 Å². The summed E-state index contributed by atoms with van der Waals surface area (Å²) in [4.78, 5) is 23.6. The summed E-state index contributed by atoms with van der Waals surface area (Å²) < 4.78 is 0. The smallest absolute Gasteiger partial charge is 0.244 e. The highest BCUT2D eigenvalue weighted by atomic mass is 127. The monoisotopic (exact) mass is 499 g/mol. The highest BCUT2D eigenvalue weighted by molar-refractivity contribution is 14.0. The van der Waals surface area contributed by atoms with E-state index < -0.39 is 0 Å². The fourth-order valence-electron chi connectivity index (χ4n) is 3.87. The lowest BCUT2D eigenvalue weighted by molar-refractivity contribution is -0.128. The van der Waals surface area contributed by atoms with E-state index in [9.17, 15) is 4.79 Å². The number of halogens is 1. The van der Waals surface area contributed by atoms with Crippen molar-refractivity contribution in [3.63, 3.8) is 0 Å². The number of anilines is 1. The number of aryl methyl sites for hydroxylation is 1. The van der Waals surface area contributed by atoms with E-state index in [0.29, 0.717) is 0 Å². The molecule has 1 N–H and O–H groups in total. The molecule has 6 nitrogen and oxygen atoms in total. The second-order valence-electron chi connectivity index (χ2n) is 7.45. The molecular weight excluding hydrogens is 465 g/mol. The van der Waals surface area contributed by atoms with E-state index >= 15 is 0 Å². The molecule has 1 aromatic rings. The standard InChI is InChI=1S/C21H33N5O.HI/c1-4-22-21(23-16-20(27)25-10-5-6-11-25)26-14-12-24(13-15-26)19-9-7-8-17(2)18(19)3;/h7-9H,4-6,10-16H2,1-3H3,(H,22,23);1H. The Hall–Kier alpha value is -1.51. The molecule has 0 spiro atoms. The molecule has 0 saturated carbocycles. The molecule has 3 rings (SSSR count). The zero-order valence-electron chi connectivity index (χ0n) is 17.4. The fraction of sp³-hybridized carbons (Fsp3) is 0.619. The van der Waals surface area contributed by atoms with Crippen molar-refractivity contribution in [3.8, 4) is 0 Å². The van der Waals surface area contributed by atoms with Gasteiger partial charge in [-0.2, -0.15) is 0 Å². The number of amides is 1. The maximum absolute atomic E-state index is 12.3. The molecule has 2 aliphatic heterocycles. The van der Waals surface area contributed by atoms with Crippen LogP contribution in [0.4, 0.5) is 5.69 Å². The van der Waals surface area contributed by atoms with Crippen LogP contribution >= 0.6 is 24.0 Å². The predicted molar refractivity (Wildman–Crippen MR) is 127 cm³/mol. The number of aliphatic imine (C=N–C) groups is 1. The van der Waals surface area contributed by atoms with Crippen molar-refractivity contribution in [1.82, 2.24) is 15.1 Å². The van der Waals surface area contributed by atoms with E-state index in [1.165, 1.54) is 16.8 Å². The van der Waals surface area contributed by atoms with Gasteiger partial charge in [-0.3, -0.25) is 4.79 Å². The molecule has 28 heavy (non-hydrogen) atoms. The predicted octanol–water partition coefficient (Wildman–Crippen LogP) is 2.63. The summed E-state index contributed by atoms with van der Waals surface area (Å²) in [7, 11) is 0. The molecule has 7 heteroatoms. The summed E-state index contributed by atoms with van der Waals surface area (Å²) in [6.45, 7) is 13.0. The van der Waals surface area contributed by atoms with Crippen molar-refractivity contribution in [2.45, 2.75) is 33.6 Å². The molecule has 0 unspecified atom stereocenters. The number of benzene rings is 1. The molecule has 0 aromatic heterocycles. The van der Waals surface area contributed by atoms with Gasteiger partial charge in [-0.05, 0) is 50.8 Å². The third kappa shape index (κ3) is 5.52. The lowest BCUT2D eigenvalue weighted by atomic mass is 10.1. The topological polar surface area (TPSA) is 51.2 Å². The average Bonchev–Trinajstić information content (AvgIpc) is 3.22. The first-order chi connectivity index (χ1) is 13.1. The minimum Gasteiger partial charge on any atom is -0.368 e. The maximum Gasteiger partial charge on any atom is 0.244 e. The molecule has 0 atom stereocenters. The molecule has 0 bridgehead atoms. The van der Waals surface area contributed by atoms with Crippen molar-refractivity contribution >= 4 is 41.5 Å². The van der Waals surface area contributed by atoms with E-state index in [1.54, 1.807) is 0 Å². The van der Waals surface area contributed by atoms with Crippen LogP contribution in [-0.4, -0.2) is 74.0 Å². The van der Waals surface area contributed by atoms with Gasteiger partial charge in [-0.15, -0.1) is 24.0 Å². The molecule has 2 saturated heterocycles. The summed E-state index contributed by atoms with van der Waals surface area (Å²) in [6.07, 6.45) is 2.24. The van der Waals surface area contributed by atoms with Gasteiger partial charge < -0.3 is 20.0 Å². The summed E-state index contributed by atoms with van der Waals surface area (Å²) in [5, 5.41) is 3.36. The molecule has 156 valence electrons. The minimum absolute atomic E-state index is 0. The number of piperazine rings is 1. The second kappa shape index (κ2) is 10.9. The quantitative estimate of drug-likeness (QED) is 0.393. The number of likely N-dealkylation sites (tertiary alicyclic amines) is 1. The van der Waals surface area contributed by atoms with E-state index in [1.807, 2.05) is 4.90 Å². The zero-order valence-corrected chi connectivity index (χ0v) is 19.7. The molecule has 0 aliphatic carbocycles. The number of carbonyl (C=O) groups is 1. The van der Waals surface area contributed by atoms with Crippen molar-refractivity contribution < 1.29 is 4.79 Å². The number of nitrogens with zero attached hydrogens (tertiary/aromatic N) is 4. The first-order valence-electron chi connectivity index (χ1n) is 10.2. The number of carbonyl (C=O) groups excluding carboxylic acids is 1. The van der Waals surface area contributed by atoms with Crippen LogP contribution in [0.3, 0.4) is 0 Å². The Kier molecular flexibility index (Phi) is 8.85. The molecule has 1 aromatic carbocycles. The molecular formula is C21H34IN5O. The van der Waals surface area contributed by atoms with E-state index in [2.05, 4.69) is 59.1 Å². The number of rotatable bonds is 4. The van der Waals surface area contributed by atoms with Gasteiger partial charge in [-0.1, -0.05) is 12.1 Å². The molecule has 1 amide bonds. The van der Waals surface area contributed by atoms with E-state index in [0.717, 1.165) is 64.6 Å². The van der Waals surface area contributed by atoms with Gasteiger partial charge in [0.05, 0.1) is 0 Å². The summed E-state index contributed by atoms with van der Waals surface area (Å²) >= 11 is 0. The van der Waals surface area contributed by atoms with Gasteiger partial charge in [0, 0.05) is 51.5 Å². The van der Waals surface area contributed by atoms with Crippen LogP contribution in [0.5, 0.6) is 0 Å². The highest BCUT2D eigenvalue weighted by Crippen LogP contribution is 2.23. The summed E-state index contributed by atoms with van der Waals surface area (Å²) in [5.74, 6) is 1.02. The van der Waals surface area contributed by atoms with E-state index in [-0.39, 0.29) is 36.4 Å². The van der Waals surface area contributed by atoms with Crippen LogP contribution < -0.4 is 10.2 Å². The van der Waals surface area contributed by atoms with Gasteiger partial charge in [0.25, 0.3) is 0 Å². The molecule has 2 fully saturated rings. The van der Waals surface area contributed by atoms with E-state index in [4.69, 9.17) is 0 Å². The fourth-order valence-corrected chi connectivity index (χ4v) is 3.87. The molecule has 2 heterocycles. The Morgan fingerprint density at radius 1 is 1.04 bits per heavy atom. The van der Waals surface area contributed by atoms with Crippen LogP contribution in [0.2, 0.25) is 0 Å². The molecule has 0 radical (unpaired) electrons. The van der Waals surface area contributed by atoms with Gasteiger partial charge in [-0.25, -0.2) is 4.99 Å². The van der Waals surface area contributed by atoms with Crippen LogP contribution in [-0.2, 0) is 4.79 Å². The van der Waals surface area contributed by atoms with Crippen molar-refractivity contribution in [3.05, 3.63) is 29.3 Å². The Morgan fingerprint density at radius 2 is 1.71 bits per heavy atom. The number of nitrogens with one attached hydrogen (secondary N) is 1. The maximum atomic E-state index is 12.3. The van der Waals surface area contributed by atoms with Gasteiger partial charge >= 0.3 is 0 Å². The average molecular weight is 499 g/mol. The Morgan fingerprint density at radius 3 is 2.36 bits per heavy atom. The Labute approximate surface area is 186 Å². The van der Waals surface area contributed by atoms with Crippen molar-refractivity contribution in [2.24, 2.45) is 4.99 Å². The van der Waals surface area contributed by atoms with Gasteiger partial charge in [0.1, 0.15) is 6.54 Å². The number of hydrogen-bond donors (Lipinski definition) is 1. The third-order valence-electron chi connectivity index (χ3n) is 5.65. The Balaban J connectivity index is 0.00000280. The Bertz CT molecular complexity index is 679. The third-order valence-corrected chi connectivity index (χ3v) is 5.65. The number of guanidine groups is 1. The lowest BCUT2D eigenvalue weighted by Crippen LogP contribution is -2.53. The summed E-state index contributed by atoms with van der Waals surface area (Å²) in [6, 6.07) is 6.52. The van der Waals surface area contributed by atoms with Crippen LogP contribution in [0.1, 0.15) is 30.9 Å². The first-order valence-corrected chi connectivity index (χ1v) is 10.2. The van der Waals surface area contributed by atoms with Crippen molar-refractivity contribution in [2.75, 3.05) is 57.3 Å². The van der Waals surface area contributed by atoms with Crippen LogP contribution in [0.15, 0.2) is 23.2 Å². The summed E-state index contributed by atoms with van der Waals surface area (Å²) in [5.41, 5.74) is 4.04. The number of hydrogen-bond acceptors (Lipinski definition) is 3. The second-order valence-corrected chi connectivity index (χ2v) is 7.45. The van der Waals surface area contributed by atoms with Crippen LogP contribution in [0, 0.1) is 13.8 Å². The van der Waals surface area contributed by atoms with Gasteiger partial charge in [0.15, 0.2) is 5.96 Å². The molecule has 2 aliphatic rings. The normalized spacial score (nSPS) is 17.5. The first kappa shape index (κ1) is 22.8. The zero-order chi connectivity index (χ0) is 19.2. The minimum atomic E-state index is 0. The van der Waals surface area contributed by atoms with Crippen molar-refractivity contribution in [1.29, 1.82) is 0 Å². The van der Waals surface area contributed by atoms with Gasteiger partial charge in [0.2, 0.25) is 5.91 Å². The lowest BCUT2D eigenvalue weighted by Gasteiger charge is -2.38. The highest BCUT2D eigenvalue weighted by Gasteiger charge is 2.22. The largest absolute Gasteiger partial charge is 0.368 e. The SMILES string of the molecule is CCNC(=NCC(=O)N1CCCC1)N1CCN(c2cccc(C)c2C)CC1.I.